The fraction of sp³-hybridized carbons (Fsp3) is 0.474. The Balaban J connectivity index is 1.47. The number of likely N-dealkylation sites (tertiary alicyclic amines) is 1. The number of rotatable bonds is 5. The molecule has 1 aromatic heterocycles. The van der Waals surface area contributed by atoms with Crippen LogP contribution in [0.4, 0.5) is 13.2 Å². The smallest absolute Gasteiger partial charge is 0.406 e. The molecule has 0 amide bonds. The maximum absolute atomic E-state index is 12.2. The van der Waals surface area contributed by atoms with E-state index < -0.39 is 6.36 Å². The number of nitrogens with zero attached hydrogens (tertiary/aromatic N) is 4. The summed E-state index contributed by atoms with van der Waals surface area (Å²) in [6, 6.07) is 5.94. The van der Waals surface area contributed by atoms with Crippen molar-refractivity contribution >= 4 is 5.96 Å². The van der Waals surface area contributed by atoms with Gasteiger partial charge in [0.05, 0.1) is 6.20 Å². The summed E-state index contributed by atoms with van der Waals surface area (Å²) in [4.78, 5) is 6.57. The average molecular weight is 395 g/mol. The zero-order chi connectivity index (χ0) is 20.1. The second-order valence-corrected chi connectivity index (χ2v) is 6.79. The van der Waals surface area contributed by atoms with Gasteiger partial charge in [-0.05, 0) is 36.1 Å². The number of ether oxygens (including phenoxy) is 1. The lowest BCUT2D eigenvalue weighted by Gasteiger charge is -2.21. The van der Waals surface area contributed by atoms with Gasteiger partial charge in [0.1, 0.15) is 5.75 Å². The average Bonchev–Trinajstić information content (AvgIpc) is 3.28. The molecule has 1 unspecified atom stereocenters. The van der Waals surface area contributed by atoms with E-state index >= 15 is 0 Å². The lowest BCUT2D eigenvalue weighted by atomic mass is 10.0. The van der Waals surface area contributed by atoms with Gasteiger partial charge in [0.2, 0.25) is 0 Å². The van der Waals surface area contributed by atoms with Gasteiger partial charge >= 0.3 is 6.36 Å². The molecule has 152 valence electrons. The highest BCUT2D eigenvalue weighted by atomic mass is 19.4. The van der Waals surface area contributed by atoms with Gasteiger partial charge in [0.15, 0.2) is 5.96 Å². The van der Waals surface area contributed by atoms with Crippen molar-refractivity contribution < 1.29 is 17.9 Å². The van der Waals surface area contributed by atoms with Crippen LogP contribution in [0.1, 0.15) is 23.5 Å². The van der Waals surface area contributed by atoms with Crippen LogP contribution in [0.25, 0.3) is 0 Å². The first kappa shape index (κ1) is 20.0. The molecule has 0 saturated carbocycles. The van der Waals surface area contributed by atoms with Gasteiger partial charge in [-0.3, -0.25) is 9.67 Å². The molecule has 0 radical (unpaired) electrons. The van der Waals surface area contributed by atoms with Gasteiger partial charge in [0.25, 0.3) is 0 Å². The van der Waals surface area contributed by atoms with Crippen molar-refractivity contribution in [3.63, 3.8) is 0 Å². The van der Waals surface area contributed by atoms with Crippen LogP contribution in [0.15, 0.2) is 41.7 Å². The molecular formula is C19H24F3N5O. The second kappa shape index (κ2) is 8.53. The van der Waals surface area contributed by atoms with Crippen molar-refractivity contribution in [2.75, 3.05) is 26.7 Å². The molecule has 2 aromatic rings. The number of hydrogen-bond donors (Lipinski definition) is 1. The van der Waals surface area contributed by atoms with Gasteiger partial charge in [-0.15, -0.1) is 13.2 Å². The number of alkyl halides is 3. The van der Waals surface area contributed by atoms with Crippen LogP contribution in [0.2, 0.25) is 0 Å². The van der Waals surface area contributed by atoms with Gasteiger partial charge in [-0.25, -0.2) is 0 Å². The first-order chi connectivity index (χ1) is 13.3. The van der Waals surface area contributed by atoms with E-state index in [1.54, 1.807) is 19.2 Å². The summed E-state index contributed by atoms with van der Waals surface area (Å²) in [5, 5.41) is 7.57. The van der Waals surface area contributed by atoms with Crippen molar-refractivity contribution in [2.45, 2.75) is 25.1 Å². The molecule has 9 heteroatoms. The number of benzene rings is 1. The van der Waals surface area contributed by atoms with Crippen LogP contribution >= 0.6 is 0 Å². The molecule has 1 aliphatic heterocycles. The van der Waals surface area contributed by atoms with Crippen LogP contribution < -0.4 is 10.1 Å². The minimum Gasteiger partial charge on any atom is -0.406 e. The molecule has 2 heterocycles. The standard InChI is InChI=1S/C19H24F3N5O/c1-23-18(27-10-8-15(13-27)16-11-25-26(2)12-16)24-9-7-14-3-5-17(6-4-14)28-19(20,21)22/h3-6,11-12,15H,7-10,13H2,1-2H3,(H,23,24). The largest absolute Gasteiger partial charge is 0.573 e. The van der Waals surface area contributed by atoms with Crippen LogP contribution in [0.5, 0.6) is 5.75 Å². The maximum atomic E-state index is 12.2. The zero-order valence-corrected chi connectivity index (χ0v) is 15.9. The Morgan fingerprint density at radius 3 is 2.68 bits per heavy atom. The number of nitrogens with one attached hydrogen (secondary N) is 1. The van der Waals surface area contributed by atoms with Crippen molar-refractivity contribution in [1.29, 1.82) is 0 Å². The summed E-state index contributed by atoms with van der Waals surface area (Å²) >= 11 is 0. The molecule has 6 nitrogen and oxygen atoms in total. The van der Waals surface area contributed by atoms with E-state index in [9.17, 15) is 13.2 Å². The molecule has 1 saturated heterocycles. The van der Waals surface area contributed by atoms with Crippen LogP contribution in [0, 0.1) is 0 Å². The van der Waals surface area contributed by atoms with Crippen molar-refractivity contribution in [1.82, 2.24) is 20.0 Å². The van der Waals surface area contributed by atoms with Crippen molar-refractivity contribution in [2.24, 2.45) is 12.0 Å². The Morgan fingerprint density at radius 1 is 1.32 bits per heavy atom. The number of aryl methyl sites for hydroxylation is 1. The molecule has 3 rings (SSSR count). The highest BCUT2D eigenvalue weighted by Crippen LogP contribution is 2.26. The minimum atomic E-state index is -4.67. The molecule has 1 N–H and O–H groups in total. The fourth-order valence-corrected chi connectivity index (χ4v) is 3.38. The first-order valence-electron chi connectivity index (χ1n) is 9.13. The van der Waals surface area contributed by atoms with E-state index in [1.165, 1.54) is 17.7 Å². The maximum Gasteiger partial charge on any atom is 0.573 e. The fourth-order valence-electron chi connectivity index (χ4n) is 3.38. The normalized spacial score (nSPS) is 17.8. The highest BCUT2D eigenvalue weighted by molar-refractivity contribution is 5.80. The first-order valence-corrected chi connectivity index (χ1v) is 9.13. The van der Waals surface area contributed by atoms with Crippen LogP contribution in [-0.2, 0) is 13.5 Å². The number of guanidine groups is 1. The summed E-state index contributed by atoms with van der Waals surface area (Å²) < 4.78 is 42.3. The topological polar surface area (TPSA) is 54.7 Å². The third kappa shape index (κ3) is 5.40. The molecule has 0 spiro atoms. The number of aromatic nitrogens is 2. The predicted molar refractivity (Wildman–Crippen MR) is 100 cm³/mol. The SMILES string of the molecule is CN=C(NCCc1ccc(OC(F)(F)F)cc1)N1CCC(c2cnn(C)c2)C1. The number of hydrogen-bond acceptors (Lipinski definition) is 3. The third-order valence-corrected chi connectivity index (χ3v) is 4.75. The molecular weight excluding hydrogens is 371 g/mol. The molecule has 1 fully saturated rings. The summed E-state index contributed by atoms with van der Waals surface area (Å²) in [6.07, 6.45) is 1.02. The predicted octanol–water partition coefficient (Wildman–Crippen LogP) is 2.93. The van der Waals surface area contributed by atoms with Gasteiger partial charge < -0.3 is 15.0 Å². The molecule has 1 aliphatic rings. The van der Waals surface area contributed by atoms with Crippen LogP contribution in [0.3, 0.4) is 0 Å². The van der Waals surface area contributed by atoms with E-state index in [4.69, 9.17) is 0 Å². The highest BCUT2D eigenvalue weighted by Gasteiger charge is 2.31. The lowest BCUT2D eigenvalue weighted by Crippen LogP contribution is -2.40. The van der Waals surface area contributed by atoms with E-state index in [-0.39, 0.29) is 5.75 Å². The summed E-state index contributed by atoms with van der Waals surface area (Å²) in [6.45, 7) is 2.44. The Hall–Kier alpha value is -2.71. The van der Waals surface area contributed by atoms with E-state index in [0.29, 0.717) is 18.9 Å². The summed E-state index contributed by atoms with van der Waals surface area (Å²) in [5.74, 6) is 1.07. The quantitative estimate of drug-likeness (QED) is 0.625. The Bertz CT molecular complexity index is 801. The summed E-state index contributed by atoms with van der Waals surface area (Å²) in [5.41, 5.74) is 2.16. The van der Waals surface area contributed by atoms with Gasteiger partial charge in [0, 0.05) is 45.8 Å². The number of aliphatic imine (C=N–C) groups is 1. The Morgan fingerprint density at radius 2 is 2.07 bits per heavy atom. The molecule has 0 aliphatic carbocycles. The Labute approximate surface area is 162 Å². The molecule has 28 heavy (non-hydrogen) atoms. The lowest BCUT2D eigenvalue weighted by molar-refractivity contribution is -0.274. The monoisotopic (exact) mass is 395 g/mol. The second-order valence-electron chi connectivity index (χ2n) is 6.79. The Kier molecular flexibility index (Phi) is 6.11. The molecule has 0 bridgehead atoms. The third-order valence-electron chi connectivity index (χ3n) is 4.75. The van der Waals surface area contributed by atoms with Crippen LogP contribution in [-0.4, -0.2) is 53.7 Å². The van der Waals surface area contributed by atoms with Crippen molar-refractivity contribution in [3.8, 4) is 5.75 Å². The van der Waals surface area contributed by atoms with Gasteiger partial charge in [-0.2, -0.15) is 5.10 Å². The van der Waals surface area contributed by atoms with Crippen molar-refractivity contribution in [3.05, 3.63) is 47.8 Å². The van der Waals surface area contributed by atoms with E-state index in [0.717, 1.165) is 31.0 Å². The summed E-state index contributed by atoms with van der Waals surface area (Å²) in [7, 11) is 3.67. The molecule has 1 atom stereocenters. The zero-order valence-electron chi connectivity index (χ0n) is 15.9. The molecule has 1 aromatic carbocycles. The number of halogens is 3. The minimum absolute atomic E-state index is 0.210. The van der Waals surface area contributed by atoms with E-state index in [1.807, 2.05) is 17.9 Å². The van der Waals surface area contributed by atoms with Gasteiger partial charge in [-0.1, -0.05) is 12.1 Å². The van der Waals surface area contributed by atoms with E-state index in [2.05, 4.69) is 31.2 Å².